The summed E-state index contributed by atoms with van der Waals surface area (Å²) in [5.74, 6) is -0.300. The van der Waals surface area contributed by atoms with Crippen molar-refractivity contribution in [1.82, 2.24) is 5.32 Å². The van der Waals surface area contributed by atoms with Crippen LogP contribution >= 0.6 is 0 Å². The van der Waals surface area contributed by atoms with Gasteiger partial charge in [0, 0.05) is 23.9 Å². The third-order valence-corrected chi connectivity index (χ3v) is 4.42. The lowest BCUT2D eigenvalue weighted by Gasteiger charge is -2.11. The van der Waals surface area contributed by atoms with Crippen molar-refractivity contribution in [2.45, 2.75) is 12.8 Å². The Kier molecular flexibility index (Phi) is 6.00. The van der Waals surface area contributed by atoms with Crippen LogP contribution in [0.5, 0.6) is 0 Å². The predicted octanol–water partition coefficient (Wildman–Crippen LogP) is 4.08. The van der Waals surface area contributed by atoms with Gasteiger partial charge in [0.2, 0.25) is 0 Å². The Morgan fingerprint density at radius 2 is 1.41 bits per heavy atom. The molecule has 0 spiro atoms. The van der Waals surface area contributed by atoms with E-state index in [9.17, 15) is 9.59 Å². The number of amides is 2. The van der Waals surface area contributed by atoms with Crippen molar-refractivity contribution in [2.75, 3.05) is 12.4 Å². The van der Waals surface area contributed by atoms with Gasteiger partial charge in [-0.2, -0.15) is 0 Å². The number of carbonyl (C=O) groups is 2. The molecule has 3 aromatic rings. The fourth-order valence-corrected chi connectivity index (χ4v) is 2.93. The molecule has 136 valence electrons. The van der Waals surface area contributed by atoms with Crippen LogP contribution in [0.4, 0.5) is 5.69 Å². The first-order chi connectivity index (χ1) is 13.2. The van der Waals surface area contributed by atoms with E-state index in [1.807, 2.05) is 42.5 Å². The molecule has 0 aliphatic heterocycles. The summed E-state index contributed by atoms with van der Waals surface area (Å²) in [5, 5.41) is 5.49. The fraction of sp³-hybridized carbons (Fsp3) is 0.130. The zero-order valence-corrected chi connectivity index (χ0v) is 15.2. The molecule has 0 heterocycles. The van der Waals surface area contributed by atoms with Crippen LogP contribution in [-0.4, -0.2) is 18.9 Å². The summed E-state index contributed by atoms with van der Waals surface area (Å²) in [6.07, 6.45) is 1.68. The van der Waals surface area contributed by atoms with E-state index in [-0.39, 0.29) is 11.8 Å². The van der Waals surface area contributed by atoms with Crippen molar-refractivity contribution < 1.29 is 9.59 Å². The van der Waals surface area contributed by atoms with Gasteiger partial charge in [0.1, 0.15) is 0 Å². The normalized spacial score (nSPS) is 10.3. The molecule has 4 nitrogen and oxygen atoms in total. The van der Waals surface area contributed by atoms with E-state index in [0.29, 0.717) is 16.8 Å². The van der Waals surface area contributed by atoms with E-state index in [1.165, 1.54) is 5.56 Å². The largest absolute Gasteiger partial charge is 0.355 e. The van der Waals surface area contributed by atoms with Crippen molar-refractivity contribution in [3.63, 3.8) is 0 Å². The molecular weight excluding hydrogens is 336 g/mol. The lowest BCUT2D eigenvalue weighted by atomic mass is 9.99. The van der Waals surface area contributed by atoms with Gasteiger partial charge < -0.3 is 10.6 Å². The number of nitrogens with one attached hydrogen (secondary N) is 2. The van der Waals surface area contributed by atoms with Gasteiger partial charge in [-0.05, 0) is 54.3 Å². The molecule has 4 heteroatoms. The van der Waals surface area contributed by atoms with Crippen LogP contribution in [-0.2, 0) is 12.8 Å². The summed E-state index contributed by atoms with van der Waals surface area (Å²) in [7, 11) is 1.59. The summed E-state index contributed by atoms with van der Waals surface area (Å²) in [6, 6.07) is 24.7. The second-order valence-electron chi connectivity index (χ2n) is 6.25. The molecule has 0 fully saturated rings. The van der Waals surface area contributed by atoms with Crippen molar-refractivity contribution in [2.24, 2.45) is 0 Å². The van der Waals surface area contributed by atoms with Gasteiger partial charge in [-0.1, -0.05) is 48.5 Å². The van der Waals surface area contributed by atoms with Crippen LogP contribution in [0.25, 0.3) is 0 Å². The van der Waals surface area contributed by atoms with Crippen LogP contribution in [0.15, 0.2) is 78.9 Å². The van der Waals surface area contributed by atoms with E-state index in [4.69, 9.17) is 0 Å². The third kappa shape index (κ3) is 4.82. The zero-order chi connectivity index (χ0) is 19.1. The summed E-state index contributed by atoms with van der Waals surface area (Å²) < 4.78 is 0. The van der Waals surface area contributed by atoms with Crippen LogP contribution in [0.3, 0.4) is 0 Å². The number of rotatable bonds is 6. The maximum atomic E-state index is 12.7. The number of benzene rings is 3. The van der Waals surface area contributed by atoms with Crippen LogP contribution in [0.1, 0.15) is 31.8 Å². The molecule has 0 radical (unpaired) electrons. The van der Waals surface area contributed by atoms with Gasteiger partial charge in [0.05, 0.1) is 0 Å². The van der Waals surface area contributed by atoms with Crippen LogP contribution in [0.2, 0.25) is 0 Å². The number of hydrogen-bond donors (Lipinski definition) is 2. The lowest BCUT2D eigenvalue weighted by molar-refractivity contribution is 0.0962. The Morgan fingerprint density at radius 3 is 2.11 bits per heavy atom. The maximum Gasteiger partial charge on any atom is 0.255 e. The first kappa shape index (κ1) is 18.4. The van der Waals surface area contributed by atoms with E-state index in [2.05, 4.69) is 22.8 Å². The molecule has 0 aliphatic carbocycles. The molecule has 0 unspecified atom stereocenters. The monoisotopic (exact) mass is 358 g/mol. The van der Waals surface area contributed by atoms with Crippen molar-refractivity contribution in [1.29, 1.82) is 0 Å². The third-order valence-electron chi connectivity index (χ3n) is 4.42. The minimum absolute atomic E-state index is 0.147. The highest BCUT2D eigenvalue weighted by molar-refractivity contribution is 6.05. The molecule has 3 rings (SSSR count). The quantitative estimate of drug-likeness (QED) is 0.697. The van der Waals surface area contributed by atoms with Gasteiger partial charge in [0.15, 0.2) is 0 Å². The Bertz CT molecular complexity index is 919. The topological polar surface area (TPSA) is 58.2 Å². The van der Waals surface area contributed by atoms with Crippen molar-refractivity contribution >= 4 is 17.5 Å². The van der Waals surface area contributed by atoms with E-state index in [0.717, 1.165) is 18.4 Å². The number of anilines is 1. The molecule has 27 heavy (non-hydrogen) atoms. The summed E-state index contributed by atoms with van der Waals surface area (Å²) in [4.78, 5) is 24.3. The summed E-state index contributed by atoms with van der Waals surface area (Å²) >= 11 is 0. The molecule has 0 saturated heterocycles. The molecule has 2 amide bonds. The Morgan fingerprint density at radius 1 is 0.741 bits per heavy atom. The van der Waals surface area contributed by atoms with E-state index < -0.39 is 0 Å². The molecule has 3 aromatic carbocycles. The number of aryl methyl sites for hydroxylation is 2. The highest BCUT2D eigenvalue weighted by Crippen LogP contribution is 2.16. The highest BCUT2D eigenvalue weighted by atomic mass is 16.2. The average molecular weight is 358 g/mol. The zero-order valence-electron chi connectivity index (χ0n) is 15.2. The van der Waals surface area contributed by atoms with Gasteiger partial charge in [-0.15, -0.1) is 0 Å². The minimum atomic E-state index is -0.154. The first-order valence-corrected chi connectivity index (χ1v) is 8.92. The van der Waals surface area contributed by atoms with E-state index in [1.54, 1.807) is 31.3 Å². The van der Waals surface area contributed by atoms with Crippen molar-refractivity contribution in [3.05, 3.63) is 101 Å². The molecule has 0 bridgehead atoms. The summed E-state index contributed by atoms with van der Waals surface area (Å²) in [5.41, 5.74) is 4.14. The maximum absolute atomic E-state index is 12.7. The molecule has 2 N–H and O–H groups in total. The number of carbonyl (C=O) groups excluding carboxylic acids is 2. The average Bonchev–Trinajstić information content (AvgIpc) is 2.73. The standard InChI is InChI=1S/C23H22N2O2/c1-24-22(26)19-13-15-20(16-14-19)25-23(27)21-10-6-5-9-18(21)12-11-17-7-3-2-4-8-17/h2-10,13-16H,11-12H2,1H3,(H,24,26)(H,25,27). The first-order valence-electron chi connectivity index (χ1n) is 8.92. The van der Waals surface area contributed by atoms with Crippen molar-refractivity contribution in [3.8, 4) is 0 Å². The molecule has 0 aliphatic rings. The minimum Gasteiger partial charge on any atom is -0.355 e. The molecule has 0 aromatic heterocycles. The fourth-order valence-electron chi connectivity index (χ4n) is 2.93. The van der Waals surface area contributed by atoms with Gasteiger partial charge in [-0.3, -0.25) is 9.59 Å². The lowest BCUT2D eigenvalue weighted by Crippen LogP contribution is -2.18. The molecule has 0 atom stereocenters. The second-order valence-corrected chi connectivity index (χ2v) is 6.25. The smallest absolute Gasteiger partial charge is 0.255 e. The van der Waals surface area contributed by atoms with Crippen LogP contribution in [0, 0.1) is 0 Å². The Labute approximate surface area is 159 Å². The van der Waals surface area contributed by atoms with Gasteiger partial charge >= 0.3 is 0 Å². The predicted molar refractivity (Wildman–Crippen MR) is 108 cm³/mol. The number of hydrogen-bond acceptors (Lipinski definition) is 2. The summed E-state index contributed by atoms with van der Waals surface area (Å²) in [6.45, 7) is 0. The molecule has 0 saturated carbocycles. The van der Waals surface area contributed by atoms with E-state index >= 15 is 0 Å². The Hall–Kier alpha value is -3.40. The van der Waals surface area contributed by atoms with Gasteiger partial charge in [-0.25, -0.2) is 0 Å². The van der Waals surface area contributed by atoms with Crippen LogP contribution < -0.4 is 10.6 Å². The Balaban J connectivity index is 1.70. The molecular formula is C23H22N2O2. The second kappa shape index (κ2) is 8.81. The SMILES string of the molecule is CNC(=O)c1ccc(NC(=O)c2ccccc2CCc2ccccc2)cc1. The van der Waals surface area contributed by atoms with Gasteiger partial charge in [0.25, 0.3) is 11.8 Å². The highest BCUT2D eigenvalue weighted by Gasteiger charge is 2.12.